The molecule has 0 fully saturated rings. The van der Waals surface area contributed by atoms with Crippen LogP contribution in [0.4, 0.5) is 0 Å². The van der Waals surface area contributed by atoms with Gasteiger partial charge in [-0.3, -0.25) is 5.84 Å². The van der Waals surface area contributed by atoms with Crippen LogP contribution in [0.1, 0.15) is 42.5 Å². The summed E-state index contributed by atoms with van der Waals surface area (Å²) in [6.45, 7) is 5.03. The zero-order valence-electron chi connectivity index (χ0n) is 12.8. The Morgan fingerprint density at radius 2 is 1.81 bits per heavy atom. The first kappa shape index (κ1) is 15.5. The Morgan fingerprint density at radius 1 is 1.10 bits per heavy atom. The number of nitrogens with two attached hydrogens (primary N) is 1. The number of rotatable bonds is 7. The van der Waals surface area contributed by atoms with Crippen LogP contribution in [0, 0.1) is 6.92 Å². The van der Waals surface area contributed by atoms with Crippen molar-refractivity contribution in [1.29, 1.82) is 0 Å². The number of aryl methyl sites for hydroxylation is 1. The van der Waals surface area contributed by atoms with E-state index in [1.54, 1.807) is 0 Å². The Bertz CT molecular complexity index is 551. The molecule has 0 saturated heterocycles. The van der Waals surface area contributed by atoms with Crippen molar-refractivity contribution in [3.05, 3.63) is 65.2 Å². The first-order valence-electron chi connectivity index (χ1n) is 7.50. The highest BCUT2D eigenvalue weighted by molar-refractivity contribution is 5.38. The lowest BCUT2D eigenvalue weighted by molar-refractivity contribution is 0.309. The Balaban J connectivity index is 2.14. The molecule has 0 aliphatic heterocycles. The molecular weight excluding hydrogens is 260 g/mol. The summed E-state index contributed by atoms with van der Waals surface area (Å²) >= 11 is 0. The fraction of sp³-hybridized carbons (Fsp3) is 0.333. The van der Waals surface area contributed by atoms with E-state index in [0.29, 0.717) is 0 Å². The van der Waals surface area contributed by atoms with Crippen molar-refractivity contribution in [2.45, 2.75) is 32.7 Å². The lowest BCUT2D eigenvalue weighted by atomic mass is 9.95. The Kier molecular flexibility index (Phi) is 5.78. The topological polar surface area (TPSA) is 47.3 Å². The zero-order valence-corrected chi connectivity index (χ0v) is 12.8. The first-order valence-corrected chi connectivity index (χ1v) is 7.50. The molecule has 1 atom stereocenters. The fourth-order valence-corrected chi connectivity index (χ4v) is 2.37. The van der Waals surface area contributed by atoms with Gasteiger partial charge < -0.3 is 4.74 Å². The molecule has 0 spiro atoms. The average Bonchev–Trinajstić information content (AvgIpc) is 2.51. The molecule has 0 heterocycles. The van der Waals surface area contributed by atoms with Crippen molar-refractivity contribution in [2.75, 3.05) is 6.61 Å². The van der Waals surface area contributed by atoms with E-state index in [1.165, 1.54) is 11.1 Å². The van der Waals surface area contributed by atoms with Crippen LogP contribution in [-0.2, 0) is 0 Å². The highest BCUT2D eigenvalue weighted by atomic mass is 16.5. The molecule has 0 saturated carbocycles. The van der Waals surface area contributed by atoms with Gasteiger partial charge in [-0.15, -0.1) is 0 Å². The van der Waals surface area contributed by atoms with Gasteiger partial charge in [0.25, 0.3) is 0 Å². The lowest BCUT2D eigenvalue weighted by Gasteiger charge is -2.19. The highest BCUT2D eigenvalue weighted by Crippen LogP contribution is 2.25. The van der Waals surface area contributed by atoms with Crippen LogP contribution >= 0.6 is 0 Å². The maximum atomic E-state index is 5.76. The number of hydrogen-bond donors (Lipinski definition) is 2. The van der Waals surface area contributed by atoms with Crippen molar-refractivity contribution < 1.29 is 4.74 Å². The van der Waals surface area contributed by atoms with Gasteiger partial charge >= 0.3 is 0 Å². The molecule has 2 aromatic rings. The molecule has 3 heteroatoms. The monoisotopic (exact) mass is 284 g/mol. The van der Waals surface area contributed by atoms with E-state index in [9.17, 15) is 0 Å². The fourth-order valence-electron chi connectivity index (χ4n) is 2.37. The van der Waals surface area contributed by atoms with Crippen LogP contribution in [0.5, 0.6) is 5.75 Å². The zero-order chi connectivity index (χ0) is 15.1. The molecule has 0 aliphatic carbocycles. The SMILES string of the molecule is CCCCOc1ccc(C(NN)c2ccccc2C)cc1. The van der Waals surface area contributed by atoms with Crippen molar-refractivity contribution in [3.63, 3.8) is 0 Å². The molecule has 3 N–H and O–H groups in total. The van der Waals surface area contributed by atoms with Gasteiger partial charge in [0, 0.05) is 0 Å². The number of nitrogens with one attached hydrogen (secondary N) is 1. The second-order valence-corrected chi connectivity index (χ2v) is 5.23. The molecular formula is C18H24N2O. The quantitative estimate of drug-likeness (QED) is 0.463. The molecule has 1 unspecified atom stereocenters. The Morgan fingerprint density at radius 3 is 2.43 bits per heavy atom. The maximum absolute atomic E-state index is 5.76. The second kappa shape index (κ2) is 7.81. The molecule has 0 bridgehead atoms. The summed E-state index contributed by atoms with van der Waals surface area (Å²) in [6, 6.07) is 16.4. The minimum Gasteiger partial charge on any atom is -0.494 e. The van der Waals surface area contributed by atoms with E-state index in [4.69, 9.17) is 10.6 Å². The highest BCUT2D eigenvalue weighted by Gasteiger charge is 2.14. The van der Waals surface area contributed by atoms with Crippen molar-refractivity contribution >= 4 is 0 Å². The summed E-state index contributed by atoms with van der Waals surface area (Å²) in [7, 11) is 0. The third-order valence-corrected chi connectivity index (χ3v) is 3.65. The molecule has 0 radical (unpaired) electrons. The number of benzene rings is 2. The van der Waals surface area contributed by atoms with Crippen LogP contribution in [0.25, 0.3) is 0 Å². The molecule has 0 amide bonds. The third kappa shape index (κ3) is 4.06. The smallest absolute Gasteiger partial charge is 0.119 e. The molecule has 2 rings (SSSR count). The predicted molar refractivity (Wildman–Crippen MR) is 87.2 cm³/mol. The van der Waals surface area contributed by atoms with E-state index < -0.39 is 0 Å². The van der Waals surface area contributed by atoms with Crippen LogP contribution in [0.3, 0.4) is 0 Å². The molecule has 3 nitrogen and oxygen atoms in total. The number of unbranched alkanes of at least 4 members (excludes halogenated alkanes) is 1. The molecule has 0 aliphatic rings. The minimum atomic E-state index is -0.00380. The molecule has 2 aromatic carbocycles. The van der Waals surface area contributed by atoms with E-state index in [2.05, 4.69) is 43.5 Å². The Labute approximate surface area is 127 Å². The summed E-state index contributed by atoms with van der Waals surface area (Å²) in [4.78, 5) is 0. The van der Waals surface area contributed by atoms with Gasteiger partial charge in [0.1, 0.15) is 5.75 Å². The van der Waals surface area contributed by atoms with Crippen LogP contribution in [0.2, 0.25) is 0 Å². The van der Waals surface area contributed by atoms with Gasteiger partial charge in [-0.1, -0.05) is 49.7 Å². The van der Waals surface area contributed by atoms with Gasteiger partial charge in [0.05, 0.1) is 12.6 Å². The number of hydrazine groups is 1. The first-order chi connectivity index (χ1) is 10.3. The maximum Gasteiger partial charge on any atom is 0.119 e. The normalized spacial score (nSPS) is 12.1. The third-order valence-electron chi connectivity index (χ3n) is 3.65. The summed E-state index contributed by atoms with van der Waals surface area (Å²) in [6.07, 6.45) is 2.22. The number of ether oxygens (including phenoxy) is 1. The Hall–Kier alpha value is -1.84. The predicted octanol–water partition coefficient (Wildman–Crippen LogP) is 3.73. The van der Waals surface area contributed by atoms with Gasteiger partial charge in [-0.25, -0.2) is 5.43 Å². The van der Waals surface area contributed by atoms with Crippen LogP contribution < -0.4 is 16.0 Å². The molecule has 21 heavy (non-hydrogen) atoms. The summed E-state index contributed by atoms with van der Waals surface area (Å²) < 4.78 is 5.69. The van der Waals surface area contributed by atoms with Crippen LogP contribution in [0.15, 0.2) is 48.5 Å². The average molecular weight is 284 g/mol. The van der Waals surface area contributed by atoms with Gasteiger partial charge in [-0.2, -0.15) is 0 Å². The molecule has 0 aromatic heterocycles. The lowest BCUT2D eigenvalue weighted by Crippen LogP contribution is -2.29. The summed E-state index contributed by atoms with van der Waals surface area (Å²) in [5.41, 5.74) is 6.46. The van der Waals surface area contributed by atoms with Crippen molar-refractivity contribution in [3.8, 4) is 5.75 Å². The van der Waals surface area contributed by atoms with E-state index >= 15 is 0 Å². The van der Waals surface area contributed by atoms with Crippen molar-refractivity contribution in [2.24, 2.45) is 5.84 Å². The minimum absolute atomic E-state index is 0.00380. The van der Waals surface area contributed by atoms with Gasteiger partial charge in [0.2, 0.25) is 0 Å². The summed E-state index contributed by atoms with van der Waals surface area (Å²) in [5.74, 6) is 6.67. The van der Waals surface area contributed by atoms with Gasteiger partial charge in [0.15, 0.2) is 0 Å². The van der Waals surface area contributed by atoms with E-state index in [0.717, 1.165) is 30.8 Å². The van der Waals surface area contributed by atoms with Crippen molar-refractivity contribution in [1.82, 2.24) is 5.43 Å². The number of hydrogen-bond acceptors (Lipinski definition) is 3. The second-order valence-electron chi connectivity index (χ2n) is 5.23. The molecule has 112 valence electrons. The standard InChI is InChI=1S/C18H24N2O/c1-3-4-13-21-16-11-9-15(10-12-16)18(20-19)17-8-6-5-7-14(17)2/h5-12,18,20H,3-4,13,19H2,1-2H3. The van der Waals surface area contributed by atoms with Gasteiger partial charge in [-0.05, 0) is 42.2 Å². The van der Waals surface area contributed by atoms with E-state index in [1.807, 2.05) is 24.3 Å². The van der Waals surface area contributed by atoms with Crippen LogP contribution in [-0.4, -0.2) is 6.61 Å². The van der Waals surface area contributed by atoms with E-state index in [-0.39, 0.29) is 6.04 Å². The largest absolute Gasteiger partial charge is 0.494 e. The summed E-state index contributed by atoms with van der Waals surface area (Å²) in [5, 5.41) is 0.